The fraction of sp³-hybridized carbons (Fsp3) is 0.300. The monoisotopic (exact) mass is 356 g/mol. The first kappa shape index (κ1) is 18.1. The quantitative estimate of drug-likeness (QED) is 0.848. The second-order valence-electron chi connectivity index (χ2n) is 6.12. The van der Waals surface area contributed by atoms with Gasteiger partial charge in [0.2, 0.25) is 0 Å². The summed E-state index contributed by atoms with van der Waals surface area (Å²) in [4.78, 5) is 24.7. The summed E-state index contributed by atoms with van der Waals surface area (Å²) in [6, 6.07) is 16.9. The van der Waals surface area contributed by atoms with Crippen molar-refractivity contribution < 1.29 is 28.9 Å². The molecule has 0 aliphatic carbocycles. The maximum absolute atomic E-state index is 12.3. The summed E-state index contributed by atoms with van der Waals surface area (Å²) in [5.74, 6) is -1.16. The average molecular weight is 356 g/mol. The second-order valence-corrected chi connectivity index (χ2v) is 6.12. The summed E-state index contributed by atoms with van der Waals surface area (Å²) in [5.41, 5.74) is 0.723. The molecule has 1 saturated heterocycles. The Bertz CT molecular complexity index is 745. The highest BCUT2D eigenvalue weighted by molar-refractivity contribution is 5.90. The molecule has 1 aliphatic heterocycles. The molecule has 0 amide bonds. The highest BCUT2D eigenvalue weighted by Crippen LogP contribution is 2.25. The predicted octanol–water partition coefficient (Wildman–Crippen LogP) is 2.56. The van der Waals surface area contributed by atoms with Crippen LogP contribution < -0.4 is 0 Å². The van der Waals surface area contributed by atoms with E-state index in [9.17, 15) is 14.7 Å². The molecule has 0 bridgehead atoms. The number of esters is 2. The van der Waals surface area contributed by atoms with E-state index in [1.165, 1.54) is 0 Å². The third kappa shape index (κ3) is 4.28. The van der Waals surface area contributed by atoms with Crippen LogP contribution in [0.25, 0.3) is 0 Å². The summed E-state index contributed by atoms with van der Waals surface area (Å²) in [7, 11) is 0. The largest absolute Gasteiger partial charge is 0.455 e. The van der Waals surface area contributed by atoms with E-state index in [2.05, 4.69) is 0 Å². The van der Waals surface area contributed by atoms with Gasteiger partial charge in [0, 0.05) is 6.42 Å². The van der Waals surface area contributed by atoms with Crippen molar-refractivity contribution in [2.75, 3.05) is 0 Å². The van der Waals surface area contributed by atoms with Crippen molar-refractivity contribution in [3.05, 3.63) is 71.8 Å². The number of rotatable bonds is 4. The maximum atomic E-state index is 12.3. The van der Waals surface area contributed by atoms with E-state index in [-0.39, 0.29) is 6.10 Å². The highest BCUT2D eigenvalue weighted by Gasteiger charge is 2.42. The van der Waals surface area contributed by atoms with E-state index in [1.807, 2.05) is 0 Å². The van der Waals surface area contributed by atoms with Gasteiger partial charge in [-0.2, -0.15) is 0 Å². The minimum Gasteiger partial charge on any atom is -0.455 e. The molecule has 4 atom stereocenters. The predicted molar refractivity (Wildman–Crippen MR) is 92.5 cm³/mol. The first-order valence-electron chi connectivity index (χ1n) is 8.40. The van der Waals surface area contributed by atoms with Crippen molar-refractivity contribution in [3.63, 3.8) is 0 Å². The van der Waals surface area contributed by atoms with Crippen molar-refractivity contribution in [1.29, 1.82) is 0 Å². The van der Waals surface area contributed by atoms with Crippen molar-refractivity contribution >= 4 is 11.9 Å². The number of hydrogen-bond acceptors (Lipinski definition) is 6. The van der Waals surface area contributed by atoms with Crippen LogP contribution in [0, 0.1) is 0 Å². The number of aliphatic hydroxyl groups is 1. The number of carbonyl (C=O) groups is 2. The summed E-state index contributed by atoms with van der Waals surface area (Å²) in [5, 5.41) is 10.2. The summed E-state index contributed by atoms with van der Waals surface area (Å²) in [6.45, 7) is 1.75. The normalized spacial score (nSPS) is 25.3. The zero-order valence-corrected chi connectivity index (χ0v) is 14.3. The number of hydrogen-bond donors (Lipinski definition) is 1. The Morgan fingerprint density at radius 3 is 1.96 bits per heavy atom. The van der Waals surface area contributed by atoms with Gasteiger partial charge < -0.3 is 19.3 Å². The molecule has 26 heavy (non-hydrogen) atoms. The molecule has 3 rings (SSSR count). The van der Waals surface area contributed by atoms with Gasteiger partial charge in [-0.05, 0) is 31.2 Å². The van der Waals surface area contributed by atoms with Crippen LogP contribution in [0.4, 0.5) is 0 Å². The fourth-order valence-corrected chi connectivity index (χ4v) is 2.81. The zero-order valence-electron chi connectivity index (χ0n) is 14.3. The van der Waals surface area contributed by atoms with Crippen molar-refractivity contribution in [2.24, 2.45) is 0 Å². The molecule has 1 fully saturated rings. The molecule has 0 spiro atoms. The molecule has 2 aromatic rings. The van der Waals surface area contributed by atoms with Crippen LogP contribution in [0.1, 0.15) is 34.1 Å². The fourth-order valence-electron chi connectivity index (χ4n) is 2.81. The minimum atomic E-state index is -1.38. The Labute approximate surface area is 151 Å². The van der Waals surface area contributed by atoms with Gasteiger partial charge in [-0.3, -0.25) is 0 Å². The standard InChI is InChI=1S/C20H20O6/c1-13-12-16(25-18(21)14-8-4-2-5-9-14)17(20(23)24-13)26-19(22)15-10-6-3-7-11-15/h2-11,13,16-17,20,23H,12H2,1H3/t13-,16+,17-,20+/m1/s1. The molecule has 0 saturated carbocycles. The van der Waals surface area contributed by atoms with Crippen LogP contribution in [-0.4, -0.2) is 41.6 Å². The maximum Gasteiger partial charge on any atom is 0.338 e. The van der Waals surface area contributed by atoms with Gasteiger partial charge in [0.25, 0.3) is 0 Å². The van der Waals surface area contributed by atoms with E-state index in [4.69, 9.17) is 14.2 Å². The van der Waals surface area contributed by atoms with Crippen LogP contribution in [0.3, 0.4) is 0 Å². The highest BCUT2D eigenvalue weighted by atomic mass is 16.7. The van der Waals surface area contributed by atoms with Crippen LogP contribution in [0.5, 0.6) is 0 Å². The molecule has 0 aromatic heterocycles. The molecular weight excluding hydrogens is 336 g/mol. The lowest BCUT2D eigenvalue weighted by Gasteiger charge is -2.37. The van der Waals surface area contributed by atoms with Crippen LogP contribution in [-0.2, 0) is 14.2 Å². The second kappa shape index (κ2) is 8.12. The number of ether oxygens (including phenoxy) is 3. The molecule has 6 nitrogen and oxygen atoms in total. The summed E-state index contributed by atoms with van der Waals surface area (Å²) < 4.78 is 16.2. The number of benzene rings is 2. The lowest BCUT2D eigenvalue weighted by atomic mass is 10.0. The number of aliphatic hydroxyl groups excluding tert-OH is 1. The Morgan fingerprint density at radius 2 is 1.42 bits per heavy atom. The lowest BCUT2D eigenvalue weighted by Crippen LogP contribution is -2.51. The van der Waals surface area contributed by atoms with Gasteiger partial charge in [-0.1, -0.05) is 36.4 Å². The van der Waals surface area contributed by atoms with Gasteiger partial charge in [-0.15, -0.1) is 0 Å². The van der Waals surface area contributed by atoms with Crippen molar-refractivity contribution in [3.8, 4) is 0 Å². The van der Waals surface area contributed by atoms with Crippen LogP contribution >= 0.6 is 0 Å². The molecule has 0 unspecified atom stereocenters. The topological polar surface area (TPSA) is 82.1 Å². The van der Waals surface area contributed by atoms with Gasteiger partial charge in [0.1, 0.15) is 6.10 Å². The van der Waals surface area contributed by atoms with E-state index in [0.717, 1.165) is 0 Å². The van der Waals surface area contributed by atoms with E-state index in [0.29, 0.717) is 17.5 Å². The molecular formula is C20H20O6. The SMILES string of the molecule is C[C@@H]1C[C@H](OC(=O)c2ccccc2)[C@@H](OC(=O)c2ccccc2)[C@@H](O)O1. The first-order valence-corrected chi connectivity index (χ1v) is 8.40. The Morgan fingerprint density at radius 1 is 0.923 bits per heavy atom. The lowest BCUT2D eigenvalue weighted by molar-refractivity contribution is -0.242. The third-order valence-electron chi connectivity index (χ3n) is 4.10. The van der Waals surface area contributed by atoms with E-state index in [1.54, 1.807) is 67.6 Å². The van der Waals surface area contributed by atoms with E-state index < -0.39 is 30.4 Å². The molecule has 136 valence electrons. The molecule has 6 heteroatoms. The molecule has 1 heterocycles. The Hall–Kier alpha value is -2.70. The smallest absolute Gasteiger partial charge is 0.338 e. The first-order chi connectivity index (χ1) is 12.5. The minimum absolute atomic E-state index is 0.308. The number of carbonyl (C=O) groups excluding carboxylic acids is 2. The molecule has 1 N–H and O–H groups in total. The molecule has 2 aromatic carbocycles. The van der Waals surface area contributed by atoms with Crippen LogP contribution in [0.15, 0.2) is 60.7 Å². The molecule has 0 radical (unpaired) electrons. The Balaban J connectivity index is 1.74. The van der Waals surface area contributed by atoms with Gasteiger partial charge in [-0.25, -0.2) is 9.59 Å². The Kier molecular flexibility index (Phi) is 5.65. The van der Waals surface area contributed by atoms with Crippen LogP contribution in [0.2, 0.25) is 0 Å². The van der Waals surface area contributed by atoms with E-state index >= 15 is 0 Å². The van der Waals surface area contributed by atoms with Crippen molar-refractivity contribution in [1.82, 2.24) is 0 Å². The summed E-state index contributed by atoms with van der Waals surface area (Å²) in [6.07, 6.45) is -3.33. The van der Waals surface area contributed by atoms with Gasteiger partial charge in [0.15, 0.2) is 12.4 Å². The summed E-state index contributed by atoms with van der Waals surface area (Å²) >= 11 is 0. The van der Waals surface area contributed by atoms with Gasteiger partial charge >= 0.3 is 11.9 Å². The zero-order chi connectivity index (χ0) is 18.5. The van der Waals surface area contributed by atoms with Gasteiger partial charge in [0.05, 0.1) is 17.2 Å². The molecule has 1 aliphatic rings. The average Bonchev–Trinajstić information content (AvgIpc) is 2.65. The van der Waals surface area contributed by atoms with Crippen molar-refractivity contribution in [2.45, 2.75) is 37.9 Å². The third-order valence-corrected chi connectivity index (χ3v) is 4.10.